The summed E-state index contributed by atoms with van der Waals surface area (Å²) < 4.78 is 15.7. The van der Waals surface area contributed by atoms with Gasteiger partial charge in [0.25, 0.3) is 0 Å². The van der Waals surface area contributed by atoms with Crippen molar-refractivity contribution in [2.75, 3.05) is 14.2 Å². The fraction of sp³-hybridized carbons (Fsp3) is 0.0667. The van der Waals surface area contributed by atoms with Gasteiger partial charge >= 0.3 is 11.9 Å². The van der Waals surface area contributed by atoms with Gasteiger partial charge in [0.1, 0.15) is 11.5 Å². The van der Waals surface area contributed by atoms with Crippen LogP contribution in [0.25, 0.3) is 32.7 Å². The second-order valence-electron chi connectivity index (χ2n) is 8.08. The first kappa shape index (κ1) is 22.2. The monoisotopic (exact) mass is 462 g/mol. The van der Waals surface area contributed by atoms with Gasteiger partial charge in [0.2, 0.25) is 0 Å². The molecule has 5 aromatic rings. The maximum atomic E-state index is 11.9. The average molecular weight is 463 g/mol. The quantitative estimate of drug-likeness (QED) is 0.207. The molecule has 0 amide bonds. The molecule has 0 radical (unpaired) electrons. The third-order valence-corrected chi connectivity index (χ3v) is 5.89. The van der Waals surface area contributed by atoms with E-state index >= 15 is 0 Å². The molecule has 0 saturated carbocycles. The third kappa shape index (κ3) is 4.44. The standard InChI is InChI=1S/C30H22O5/c1-33-29(31)22-8-4-10-26(17-22)35-25-9-3-6-21(16-25)27-11-5-7-20-14-24-15-23(30(32)34-2)13-12-19(24)18-28(20)27/h3-18H,1-2H3. The number of carbonyl (C=O) groups excluding carboxylic acids is 2. The zero-order chi connectivity index (χ0) is 24.4. The molecule has 0 saturated heterocycles. The first-order valence-corrected chi connectivity index (χ1v) is 11.1. The largest absolute Gasteiger partial charge is 0.465 e. The highest BCUT2D eigenvalue weighted by atomic mass is 16.5. The molecule has 0 unspecified atom stereocenters. The molecule has 5 nitrogen and oxygen atoms in total. The molecule has 0 spiro atoms. The van der Waals surface area contributed by atoms with Gasteiger partial charge in [0.05, 0.1) is 25.3 Å². The summed E-state index contributed by atoms with van der Waals surface area (Å²) in [6, 6.07) is 30.7. The first-order chi connectivity index (χ1) is 17.1. The lowest BCUT2D eigenvalue weighted by molar-refractivity contribution is 0.0592. The Morgan fingerprint density at radius 2 is 1.26 bits per heavy atom. The molecule has 0 heterocycles. The molecule has 0 aliphatic carbocycles. The lowest BCUT2D eigenvalue weighted by Gasteiger charge is -2.12. The minimum atomic E-state index is -0.411. The van der Waals surface area contributed by atoms with Crippen LogP contribution in [-0.2, 0) is 9.47 Å². The van der Waals surface area contributed by atoms with E-state index < -0.39 is 5.97 Å². The smallest absolute Gasteiger partial charge is 0.337 e. The van der Waals surface area contributed by atoms with Crippen molar-refractivity contribution in [3.05, 3.63) is 108 Å². The maximum absolute atomic E-state index is 11.9. The Hall–Kier alpha value is -4.64. The van der Waals surface area contributed by atoms with Crippen molar-refractivity contribution >= 4 is 33.5 Å². The van der Waals surface area contributed by atoms with Crippen LogP contribution in [0.2, 0.25) is 0 Å². The van der Waals surface area contributed by atoms with E-state index in [-0.39, 0.29) is 5.97 Å². The van der Waals surface area contributed by atoms with Crippen LogP contribution >= 0.6 is 0 Å². The topological polar surface area (TPSA) is 61.8 Å². The predicted molar refractivity (Wildman–Crippen MR) is 136 cm³/mol. The molecule has 0 aliphatic heterocycles. The summed E-state index contributed by atoms with van der Waals surface area (Å²) >= 11 is 0. The van der Waals surface area contributed by atoms with Gasteiger partial charge in [0, 0.05) is 0 Å². The zero-order valence-electron chi connectivity index (χ0n) is 19.3. The Balaban J connectivity index is 1.53. The Bertz CT molecular complexity index is 1590. The van der Waals surface area contributed by atoms with Crippen molar-refractivity contribution < 1.29 is 23.8 Å². The van der Waals surface area contributed by atoms with E-state index in [1.165, 1.54) is 14.2 Å². The van der Waals surface area contributed by atoms with E-state index in [0.717, 1.165) is 32.7 Å². The molecule has 5 aromatic carbocycles. The Morgan fingerprint density at radius 1 is 0.571 bits per heavy atom. The van der Waals surface area contributed by atoms with Gasteiger partial charge in [-0.3, -0.25) is 0 Å². The van der Waals surface area contributed by atoms with E-state index in [1.807, 2.05) is 42.5 Å². The van der Waals surface area contributed by atoms with E-state index in [4.69, 9.17) is 14.2 Å². The Morgan fingerprint density at radius 3 is 2.03 bits per heavy atom. The molecular formula is C30H22O5. The maximum Gasteiger partial charge on any atom is 0.337 e. The van der Waals surface area contributed by atoms with Crippen LogP contribution < -0.4 is 4.74 Å². The number of benzene rings is 5. The molecule has 35 heavy (non-hydrogen) atoms. The van der Waals surface area contributed by atoms with Gasteiger partial charge in [-0.15, -0.1) is 0 Å². The van der Waals surface area contributed by atoms with E-state index in [0.29, 0.717) is 22.6 Å². The number of hydrogen-bond acceptors (Lipinski definition) is 5. The number of esters is 2. The van der Waals surface area contributed by atoms with Gasteiger partial charge in [-0.25, -0.2) is 9.59 Å². The van der Waals surface area contributed by atoms with Crippen molar-refractivity contribution in [1.82, 2.24) is 0 Å². The highest BCUT2D eigenvalue weighted by Crippen LogP contribution is 2.34. The number of methoxy groups -OCH3 is 2. The van der Waals surface area contributed by atoms with Gasteiger partial charge < -0.3 is 14.2 Å². The van der Waals surface area contributed by atoms with Crippen LogP contribution in [0.1, 0.15) is 20.7 Å². The van der Waals surface area contributed by atoms with Crippen LogP contribution in [0.4, 0.5) is 0 Å². The Labute approximate surface area is 202 Å². The van der Waals surface area contributed by atoms with E-state index in [9.17, 15) is 9.59 Å². The first-order valence-electron chi connectivity index (χ1n) is 11.1. The lowest BCUT2D eigenvalue weighted by Crippen LogP contribution is -2.00. The van der Waals surface area contributed by atoms with Crippen LogP contribution in [0.5, 0.6) is 11.5 Å². The fourth-order valence-electron chi connectivity index (χ4n) is 4.19. The minimum Gasteiger partial charge on any atom is -0.465 e. The molecule has 0 atom stereocenters. The summed E-state index contributed by atoms with van der Waals surface area (Å²) in [6.07, 6.45) is 0. The van der Waals surface area contributed by atoms with E-state index in [1.54, 1.807) is 30.3 Å². The molecule has 0 bridgehead atoms. The van der Waals surface area contributed by atoms with Gasteiger partial charge in [-0.2, -0.15) is 0 Å². The average Bonchev–Trinajstić information content (AvgIpc) is 2.90. The summed E-state index contributed by atoms with van der Waals surface area (Å²) in [6.45, 7) is 0. The third-order valence-electron chi connectivity index (χ3n) is 5.89. The fourth-order valence-corrected chi connectivity index (χ4v) is 4.19. The summed E-state index contributed by atoms with van der Waals surface area (Å²) in [5, 5.41) is 4.16. The normalized spacial score (nSPS) is 10.8. The summed E-state index contributed by atoms with van der Waals surface area (Å²) in [7, 11) is 2.73. The van der Waals surface area contributed by atoms with Crippen molar-refractivity contribution in [2.24, 2.45) is 0 Å². The second kappa shape index (κ2) is 9.31. The van der Waals surface area contributed by atoms with Crippen LogP contribution in [0.3, 0.4) is 0 Å². The number of hydrogen-bond donors (Lipinski definition) is 0. The van der Waals surface area contributed by atoms with Gasteiger partial charge in [0.15, 0.2) is 0 Å². The summed E-state index contributed by atoms with van der Waals surface area (Å²) in [5.74, 6) is 0.445. The SMILES string of the molecule is COC(=O)c1cccc(Oc2cccc(-c3cccc4cc5cc(C(=O)OC)ccc5cc34)c2)c1. The van der Waals surface area contributed by atoms with Crippen LogP contribution in [0.15, 0.2) is 97.1 Å². The summed E-state index contributed by atoms with van der Waals surface area (Å²) in [5.41, 5.74) is 3.02. The predicted octanol–water partition coefficient (Wildman–Crippen LogP) is 7.03. The molecule has 5 heteroatoms. The molecule has 0 N–H and O–H groups in total. The van der Waals surface area contributed by atoms with Gasteiger partial charge in [-0.05, 0) is 87.3 Å². The van der Waals surface area contributed by atoms with Crippen molar-refractivity contribution in [2.45, 2.75) is 0 Å². The molecule has 172 valence electrons. The van der Waals surface area contributed by atoms with Crippen molar-refractivity contribution in [3.63, 3.8) is 0 Å². The zero-order valence-corrected chi connectivity index (χ0v) is 19.3. The Kier molecular flexibility index (Phi) is 5.90. The highest BCUT2D eigenvalue weighted by molar-refractivity contribution is 6.06. The van der Waals surface area contributed by atoms with E-state index in [2.05, 4.69) is 24.3 Å². The lowest BCUT2D eigenvalue weighted by atomic mass is 9.95. The molecule has 0 aromatic heterocycles. The van der Waals surface area contributed by atoms with Crippen LogP contribution in [0, 0.1) is 0 Å². The molecule has 0 aliphatic rings. The second-order valence-corrected chi connectivity index (χ2v) is 8.08. The number of rotatable bonds is 5. The van der Waals surface area contributed by atoms with Crippen molar-refractivity contribution in [3.8, 4) is 22.6 Å². The van der Waals surface area contributed by atoms with Crippen LogP contribution in [-0.4, -0.2) is 26.2 Å². The number of ether oxygens (including phenoxy) is 3. The van der Waals surface area contributed by atoms with Gasteiger partial charge in [-0.1, -0.05) is 42.5 Å². The molecule has 0 fully saturated rings. The van der Waals surface area contributed by atoms with Crippen molar-refractivity contribution in [1.29, 1.82) is 0 Å². The number of fused-ring (bicyclic) bond motifs is 2. The minimum absolute atomic E-state index is 0.352. The summed E-state index contributed by atoms with van der Waals surface area (Å²) in [4.78, 5) is 23.8. The molecular weight excluding hydrogens is 440 g/mol. The highest BCUT2D eigenvalue weighted by Gasteiger charge is 2.11. The molecule has 5 rings (SSSR count). The number of carbonyl (C=O) groups is 2.